The van der Waals surface area contributed by atoms with Crippen molar-refractivity contribution >= 4 is 39.9 Å². The Hall–Kier alpha value is -0.000000000000000111. The molecule has 0 amide bonds. The maximum Gasteiger partial charge on any atom is 0.0506 e. The van der Waals surface area contributed by atoms with E-state index in [2.05, 4.69) is 51.9 Å². The van der Waals surface area contributed by atoms with Crippen LogP contribution in [0.3, 0.4) is 0 Å². The molecule has 1 N–H and O–H groups in total. The molecule has 104 valence electrons. The Bertz CT molecular complexity index is 471. The maximum absolute atomic E-state index is 6.08. The molecule has 1 heterocycles. The Morgan fingerprint density at radius 3 is 2.79 bits per heavy atom. The van der Waals surface area contributed by atoms with Gasteiger partial charge in [-0.3, -0.25) is 0 Å². The van der Waals surface area contributed by atoms with Gasteiger partial charge in [0.2, 0.25) is 0 Å². The third-order valence-electron chi connectivity index (χ3n) is 4.56. The quantitative estimate of drug-likeness (QED) is 0.728. The van der Waals surface area contributed by atoms with Gasteiger partial charge in [0, 0.05) is 33.3 Å². The number of benzene rings is 1. The van der Waals surface area contributed by atoms with Crippen LogP contribution >= 0.6 is 34.2 Å². The Balaban J connectivity index is 1.89. The molecule has 1 unspecified atom stereocenters. The molecule has 1 aromatic carbocycles. The zero-order chi connectivity index (χ0) is 13.5. The first-order chi connectivity index (χ1) is 9.10. The normalized spacial score (nSPS) is 26.1. The first-order valence-electron chi connectivity index (χ1n) is 7.06. The van der Waals surface area contributed by atoms with Crippen LogP contribution < -0.4 is 10.2 Å². The zero-order valence-corrected chi connectivity index (χ0v) is 14.2. The van der Waals surface area contributed by atoms with Gasteiger partial charge in [-0.15, -0.1) is 0 Å². The van der Waals surface area contributed by atoms with Crippen LogP contribution in [0, 0.1) is 3.57 Å². The van der Waals surface area contributed by atoms with Crippen LogP contribution in [0.2, 0.25) is 5.02 Å². The molecule has 1 saturated heterocycles. The van der Waals surface area contributed by atoms with Gasteiger partial charge in [-0.25, -0.2) is 0 Å². The van der Waals surface area contributed by atoms with E-state index in [4.69, 9.17) is 11.6 Å². The average molecular weight is 391 g/mol. The van der Waals surface area contributed by atoms with Crippen molar-refractivity contribution in [1.82, 2.24) is 5.32 Å². The van der Waals surface area contributed by atoms with Gasteiger partial charge in [0.15, 0.2) is 0 Å². The van der Waals surface area contributed by atoms with Crippen LogP contribution in [-0.4, -0.2) is 24.7 Å². The third-order valence-corrected chi connectivity index (χ3v) is 5.66. The Morgan fingerprint density at radius 1 is 1.37 bits per heavy atom. The summed E-state index contributed by atoms with van der Waals surface area (Å²) in [5.74, 6) is 0. The van der Waals surface area contributed by atoms with Crippen LogP contribution in [0.15, 0.2) is 18.2 Å². The molecule has 1 aromatic rings. The first kappa shape index (κ1) is 14.0. The van der Waals surface area contributed by atoms with E-state index in [1.165, 1.54) is 34.9 Å². The summed E-state index contributed by atoms with van der Waals surface area (Å²) in [7, 11) is 0. The van der Waals surface area contributed by atoms with E-state index in [-0.39, 0.29) is 0 Å². The minimum atomic E-state index is 0.356. The molecule has 4 heteroatoms. The lowest BCUT2D eigenvalue weighted by molar-refractivity contribution is 0.276. The Labute approximate surface area is 134 Å². The molecule has 0 bridgehead atoms. The SMILES string of the molecule is CC1CNC2(CCCC2)CN1c1ccc(Cl)cc1I. The fourth-order valence-corrected chi connectivity index (χ4v) is 4.62. The Kier molecular flexibility index (Phi) is 3.98. The van der Waals surface area contributed by atoms with Gasteiger partial charge in [-0.2, -0.15) is 0 Å². The average Bonchev–Trinajstić information content (AvgIpc) is 2.82. The summed E-state index contributed by atoms with van der Waals surface area (Å²) in [6.07, 6.45) is 5.38. The van der Waals surface area contributed by atoms with Crippen molar-refractivity contribution in [2.24, 2.45) is 0 Å². The lowest BCUT2D eigenvalue weighted by Crippen LogP contribution is -2.62. The second kappa shape index (κ2) is 5.41. The molecule has 1 aliphatic heterocycles. The van der Waals surface area contributed by atoms with Gasteiger partial charge in [0.05, 0.1) is 5.69 Å². The number of nitrogens with zero attached hydrogens (tertiary/aromatic N) is 1. The maximum atomic E-state index is 6.08. The summed E-state index contributed by atoms with van der Waals surface area (Å²) >= 11 is 8.48. The summed E-state index contributed by atoms with van der Waals surface area (Å²) in [6, 6.07) is 6.79. The third kappa shape index (κ3) is 2.74. The minimum Gasteiger partial charge on any atom is -0.365 e. The van der Waals surface area contributed by atoms with Crippen molar-refractivity contribution < 1.29 is 0 Å². The van der Waals surface area contributed by atoms with Crippen LogP contribution in [0.5, 0.6) is 0 Å². The van der Waals surface area contributed by atoms with Gasteiger partial charge in [0.1, 0.15) is 0 Å². The molecule has 2 nitrogen and oxygen atoms in total. The van der Waals surface area contributed by atoms with Crippen LogP contribution in [0.1, 0.15) is 32.6 Å². The van der Waals surface area contributed by atoms with E-state index < -0.39 is 0 Å². The molecule has 3 rings (SSSR count). The molecule has 2 fully saturated rings. The molecule has 19 heavy (non-hydrogen) atoms. The van der Waals surface area contributed by atoms with Gasteiger partial charge in [0.25, 0.3) is 0 Å². The van der Waals surface area contributed by atoms with Gasteiger partial charge >= 0.3 is 0 Å². The van der Waals surface area contributed by atoms with Crippen LogP contribution in [-0.2, 0) is 0 Å². The molecule has 1 spiro atoms. The summed E-state index contributed by atoms with van der Waals surface area (Å²) < 4.78 is 1.26. The van der Waals surface area contributed by atoms with Crippen molar-refractivity contribution in [3.63, 3.8) is 0 Å². The van der Waals surface area contributed by atoms with E-state index in [1.807, 2.05) is 6.07 Å². The predicted octanol–water partition coefficient (Wildman–Crippen LogP) is 4.06. The van der Waals surface area contributed by atoms with Crippen molar-refractivity contribution in [1.29, 1.82) is 0 Å². The van der Waals surface area contributed by atoms with E-state index >= 15 is 0 Å². The number of hydrogen-bond donors (Lipinski definition) is 1. The minimum absolute atomic E-state index is 0.356. The largest absolute Gasteiger partial charge is 0.365 e. The number of piperazine rings is 1. The van der Waals surface area contributed by atoms with Crippen molar-refractivity contribution in [3.05, 3.63) is 26.8 Å². The standard InChI is InChI=1S/C15H20ClIN2/c1-11-9-18-15(6-2-3-7-15)10-19(11)14-5-4-12(16)8-13(14)17/h4-5,8,11,18H,2-3,6-7,9-10H2,1H3. The number of anilines is 1. The van der Waals surface area contributed by atoms with Crippen molar-refractivity contribution in [3.8, 4) is 0 Å². The van der Waals surface area contributed by atoms with Crippen LogP contribution in [0.4, 0.5) is 5.69 Å². The summed E-state index contributed by atoms with van der Waals surface area (Å²) in [6.45, 7) is 4.52. The second-order valence-electron chi connectivity index (χ2n) is 5.94. The monoisotopic (exact) mass is 390 g/mol. The molecule has 0 aromatic heterocycles. The summed E-state index contributed by atoms with van der Waals surface area (Å²) in [5, 5.41) is 4.63. The van der Waals surface area contributed by atoms with Crippen LogP contribution in [0.25, 0.3) is 0 Å². The fraction of sp³-hybridized carbons (Fsp3) is 0.600. The molecule has 0 radical (unpaired) electrons. The topological polar surface area (TPSA) is 15.3 Å². The van der Waals surface area contributed by atoms with Crippen molar-refractivity contribution in [2.45, 2.75) is 44.2 Å². The smallest absolute Gasteiger partial charge is 0.0506 e. The van der Waals surface area contributed by atoms with Gasteiger partial charge in [-0.05, 0) is 60.6 Å². The second-order valence-corrected chi connectivity index (χ2v) is 7.54. The van der Waals surface area contributed by atoms with Gasteiger partial charge < -0.3 is 10.2 Å². The zero-order valence-electron chi connectivity index (χ0n) is 11.3. The molecular formula is C15H20ClIN2. The van der Waals surface area contributed by atoms with E-state index in [0.29, 0.717) is 11.6 Å². The Morgan fingerprint density at radius 2 is 2.11 bits per heavy atom. The number of halogens is 2. The first-order valence-corrected chi connectivity index (χ1v) is 8.52. The highest BCUT2D eigenvalue weighted by Crippen LogP contribution is 2.36. The predicted molar refractivity (Wildman–Crippen MR) is 90.2 cm³/mol. The molecule has 2 aliphatic rings. The fourth-order valence-electron chi connectivity index (χ4n) is 3.44. The lowest BCUT2D eigenvalue weighted by atomic mass is 9.92. The highest BCUT2D eigenvalue weighted by atomic mass is 127. The van der Waals surface area contributed by atoms with Crippen molar-refractivity contribution in [2.75, 3.05) is 18.0 Å². The molecular weight excluding hydrogens is 371 g/mol. The molecule has 1 aliphatic carbocycles. The molecule has 1 atom stereocenters. The van der Waals surface area contributed by atoms with E-state index in [9.17, 15) is 0 Å². The number of nitrogens with one attached hydrogen (secondary N) is 1. The summed E-state index contributed by atoms with van der Waals surface area (Å²) in [4.78, 5) is 2.57. The van der Waals surface area contributed by atoms with E-state index in [0.717, 1.165) is 18.1 Å². The highest BCUT2D eigenvalue weighted by Gasteiger charge is 2.40. The molecule has 1 saturated carbocycles. The van der Waals surface area contributed by atoms with Gasteiger partial charge in [-0.1, -0.05) is 24.4 Å². The highest BCUT2D eigenvalue weighted by molar-refractivity contribution is 14.1. The number of hydrogen-bond acceptors (Lipinski definition) is 2. The summed E-state index contributed by atoms with van der Waals surface area (Å²) in [5.41, 5.74) is 1.69. The number of rotatable bonds is 1. The van der Waals surface area contributed by atoms with E-state index in [1.54, 1.807) is 0 Å². The lowest BCUT2D eigenvalue weighted by Gasteiger charge is -2.46.